The van der Waals surface area contributed by atoms with E-state index in [-0.39, 0.29) is 17.7 Å². The molecule has 6 nitrogen and oxygen atoms in total. The van der Waals surface area contributed by atoms with Crippen LogP contribution in [0.2, 0.25) is 0 Å². The molecule has 1 N–H and O–H groups in total. The van der Waals surface area contributed by atoms with E-state index in [1.54, 1.807) is 12.3 Å². The molecule has 0 saturated heterocycles. The first-order valence-electron chi connectivity index (χ1n) is 10.7. The summed E-state index contributed by atoms with van der Waals surface area (Å²) >= 11 is 1.35. The van der Waals surface area contributed by atoms with Crippen LogP contribution in [0.15, 0.2) is 89.2 Å². The lowest BCUT2D eigenvalue weighted by molar-refractivity contribution is -0.119. The lowest BCUT2D eigenvalue weighted by Gasteiger charge is -2.15. The van der Waals surface area contributed by atoms with Crippen molar-refractivity contribution in [3.63, 3.8) is 0 Å². The van der Waals surface area contributed by atoms with Crippen molar-refractivity contribution < 1.29 is 9.21 Å². The van der Waals surface area contributed by atoms with Gasteiger partial charge in [-0.3, -0.25) is 9.36 Å². The van der Waals surface area contributed by atoms with Crippen LogP contribution in [-0.4, -0.2) is 26.4 Å². The Morgan fingerprint density at radius 1 is 1.12 bits per heavy atom. The number of thioether (sulfide) groups is 1. The van der Waals surface area contributed by atoms with Crippen molar-refractivity contribution in [1.82, 2.24) is 20.1 Å². The van der Waals surface area contributed by atoms with Gasteiger partial charge in [-0.05, 0) is 36.6 Å². The minimum Gasteiger partial charge on any atom is -0.469 e. The Morgan fingerprint density at radius 2 is 1.85 bits per heavy atom. The van der Waals surface area contributed by atoms with Crippen molar-refractivity contribution in [2.75, 3.05) is 5.75 Å². The summed E-state index contributed by atoms with van der Waals surface area (Å²) in [5.74, 6) is 1.66. The van der Waals surface area contributed by atoms with Crippen LogP contribution in [0.1, 0.15) is 24.3 Å². The van der Waals surface area contributed by atoms with Crippen LogP contribution >= 0.6 is 11.8 Å². The van der Waals surface area contributed by atoms with Gasteiger partial charge in [0.25, 0.3) is 0 Å². The summed E-state index contributed by atoms with van der Waals surface area (Å²) in [6.45, 7) is 8.24. The first kappa shape index (κ1) is 22.6. The molecule has 0 saturated carbocycles. The normalized spacial score (nSPS) is 11.8. The van der Waals surface area contributed by atoms with Crippen LogP contribution in [0.5, 0.6) is 0 Å². The molecule has 7 heteroatoms. The number of furan rings is 1. The van der Waals surface area contributed by atoms with Gasteiger partial charge in [-0.15, -0.1) is 16.8 Å². The minimum atomic E-state index is -0.0990. The molecule has 2 aromatic heterocycles. The van der Waals surface area contributed by atoms with E-state index in [1.165, 1.54) is 17.3 Å². The average Bonchev–Trinajstić information content (AvgIpc) is 3.44. The number of nitrogens with zero attached hydrogens (tertiary/aromatic N) is 3. The second-order valence-electron chi connectivity index (χ2n) is 7.66. The van der Waals surface area contributed by atoms with Gasteiger partial charge in [0, 0.05) is 6.54 Å². The van der Waals surface area contributed by atoms with Crippen molar-refractivity contribution in [1.29, 1.82) is 0 Å². The summed E-state index contributed by atoms with van der Waals surface area (Å²) in [6.07, 6.45) is 3.42. The number of carbonyl (C=O) groups is 1. The third-order valence-corrected chi connectivity index (χ3v) is 6.32. The predicted octanol–water partition coefficient (Wildman–Crippen LogP) is 5.67. The highest BCUT2D eigenvalue weighted by Gasteiger charge is 2.18. The van der Waals surface area contributed by atoms with Crippen molar-refractivity contribution in [3.8, 4) is 22.5 Å². The molecule has 0 spiro atoms. The molecule has 0 unspecified atom stereocenters. The number of hydrogen-bond donors (Lipinski definition) is 1. The van der Waals surface area contributed by atoms with E-state index >= 15 is 0 Å². The lowest BCUT2D eigenvalue weighted by Crippen LogP contribution is -2.28. The smallest absolute Gasteiger partial charge is 0.230 e. The van der Waals surface area contributed by atoms with Gasteiger partial charge in [0.1, 0.15) is 5.76 Å². The van der Waals surface area contributed by atoms with Crippen molar-refractivity contribution in [2.45, 2.75) is 31.6 Å². The maximum atomic E-state index is 12.6. The second kappa shape index (κ2) is 10.4. The summed E-state index contributed by atoms with van der Waals surface area (Å²) in [6, 6.07) is 20.3. The Labute approximate surface area is 197 Å². The second-order valence-corrected chi connectivity index (χ2v) is 8.60. The van der Waals surface area contributed by atoms with Gasteiger partial charge in [-0.25, -0.2) is 0 Å². The number of rotatable bonds is 9. The number of aromatic nitrogens is 3. The van der Waals surface area contributed by atoms with Gasteiger partial charge in [0.15, 0.2) is 11.0 Å². The van der Waals surface area contributed by atoms with Gasteiger partial charge < -0.3 is 9.73 Å². The molecule has 168 valence electrons. The summed E-state index contributed by atoms with van der Waals surface area (Å²) < 4.78 is 7.34. The van der Waals surface area contributed by atoms with E-state index in [0.29, 0.717) is 17.5 Å². The summed E-state index contributed by atoms with van der Waals surface area (Å²) in [7, 11) is 0. The number of carbonyl (C=O) groups excluding carboxylic acids is 1. The van der Waals surface area contributed by atoms with Crippen molar-refractivity contribution in [3.05, 3.63) is 90.9 Å². The summed E-state index contributed by atoms with van der Waals surface area (Å²) in [5, 5.41) is 12.3. The molecule has 2 heterocycles. The molecule has 4 rings (SSSR count). The molecule has 0 fully saturated rings. The number of nitrogens with one attached hydrogen (secondary N) is 1. The topological polar surface area (TPSA) is 73.0 Å². The molecule has 2 aromatic carbocycles. The molecule has 1 amide bonds. The summed E-state index contributed by atoms with van der Waals surface area (Å²) in [4.78, 5) is 12.6. The number of aryl methyl sites for hydroxylation is 1. The van der Waals surface area contributed by atoms with Crippen molar-refractivity contribution in [2.24, 2.45) is 0 Å². The van der Waals surface area contributed by atoms with E-state index in [9.17, 15) is 4.79 Å². The Morgan fingerprint density at radius 3 is 2.52 bits per heavy atom. The fourth-order valence-corrected chi connectivity index (χ4v) is 4.36. The average molecular weight is 459 g/mol. The van der Waals surface area contributed by atoms with E-state index in [0.717, 1.165) is 22.5 Å². The van der Waals surface area contributed by atoms with Gasteiger partial charge in [-0.2, -0.15) is 0 Å². The quantitative estimate of drug-likeness (QED) is 0.258. The molecule has 4 aromatic rings. The zero-order valence-corrected chi connectivity index (χ0v) is 19.5. The molecule has 33 heavy (non-hydrogen) atoms. The molecule has 0 bridgehead atoms. The maximum absolute atomic E-state index is 12.6. The Hall–Kier alpha value is -3.58. The van der Waals surface area contributed by atoms with Gasteiger partial charge >= 0.3 is 0 Å². The lowest BCUT2D eigenvalue weighted by atomic mass is 10.0. The van der Waals surface area contributed by atoms with Crippen LogP contribution in [0.3, 0.4) is 0 Å². The van der Waals surface area contributed by atoms with E-state index in [2.05, 4.69) is 58.5 Å². The van der Waals surface area contributed by atoms with Crippen LogP contribution in [-0.2, 0) is 11.3 Å². The highest BCUT2D eigenvalue weighted by molar-refractivity contribution is 7.99. The Balaban J connectivity index is 1.38. The monoisotopic (exact) mass is 458 g/mol. The standard InChI is InChI=1S/C26H26N4O2S/c1-4-15-30-25(23-14-16-32-19(23)3)28-29-26(30)33-17-24(31)27-18(2)20-10-12-22(13-11-20)21-8-6-5-7-9-21/h4-14,16,18H,1,15,17H2,2-3H3,(H,27,31)/t18-/m0/s1. The van der Waals surface area contributed by atoms with E-state index in [1.807, 2.05) is 42.7 Å². The van der Waals surface area contributed by atoms with Crippen molar-refractivity contribution >= 4 is 17.7 Å². The zero-order chi connectivity index (χ0) is 23.2. The first-order chi connectivity index (χ1) is 16.1. The van der Waals surface area contributed by atoms with Gasteiger partial charge in [0.2, 0.25) is 5.91 Å². The fraction of sp³-hybridized carbons (Fsp3) is 0.192. The molecular weight excluding hydrogens is 432 g/mol. The SMILES string of the molecule is C=CCn1c(SCC(=O)N[C@@H](C)c2ccc(-c3ccccc3)cc2)nnc1-c1ccoc1C. The van der Waals surface area contributed by atoms with Crippen LogP contribution in [0.4, 0.5) is 0 Å². The molecule has 0 aliphatic heterocycles. The molecule has 1 atom stereocenters. The van der Waals surface area contributed by atoms with Crippen LogP contribution in [0.25, 0.3) is 22.5 Å². The number of hydrogen-bond acceptors (Lipinski definition) is 5. The highest BCUT2D eigenvalue weighted by Crippen LogP contribution is 2.27. The predicted molar refractivity (Wildman–Crippen MR) is 132 cm³/mol. The molecule has 0 aliphatic carbocycles. The van der Waals surface area contributed by atoms with E-state index in [4.69, 9.17) is 4.42 Å². The third kappa shape index (κ3) is 5.26. The van der Waals surface area contributed by atoms with Gasteiger partial charge in [-0.1, -0.05) is 72.4 Å². The number of benzene rings is 2. The maximum Gasteiger partial charge on any atom is 0.230 e. The van der Waals surface area contributed by atoms with E-state index < -0.39 is 0 Å². The largest absolute Gasteiger partial charge is 0.469 e. The van der Waals surface area contributed by atoms with Crippen LogP contribution in [0, 0.1) is 6.92 Å². The fourth-order valence-electron chi connectivity index (χ4n) is 3.60. The third-order valence-electron chi connectivity index (χ3n) is 5.36. The number of allylic oxidation sites excluding steroid dienone is 1. The summed E-state index contributed by atoms with van der Waals surface area (Å²) in [5.41, 5.74) is 4.26. The minimum absolute atomic E-state index is 0.0613. The molecule has 0 radical (unpaired) electrons. The highest BCUT2D eigenvalue weighted by atomic mass is 32.2. The van der Waals surface area contributed by atoms with Gasteiger partial charge in [0.05, 0.1) is 23.6 Å². The molecular formula is C26H26N4O2S. The first-order valence-corrected chi connectivity index (χ1v) is 11.7. The Bertz CT molecular complexity index is 1230. The zero-order valence-electron chi connectivity index (χ0n) is 18.7. The number of amides is 1. The Kier molecular flexibility index (Phi) is 7.10. The molecule has 0 aliphatic rings. The van der Waals surface area contributed by atoms with Crippen LogP contribution < -0.4 is 5.32 Å².